The molecule has 6 nitrogen and oxygen atoms in total. The van der Waals surface area contributed by atoms with E-state index in [1.165, 1.54) is 7.11 Å². The molecule has 0 spiro atoms. The molecular formula is C26H22ClNO5. The first-order valence-corrected chi connectivity index (χ1v) is 10.6. The predicted octanol–water partition coefficient (Wildman–Crippen LogP) is 5.76. The fourth-order valence-corrected chi connectivity index (χ4v) is 3.67. The molecule has 4 aromatic rings. The molecule has 4 rings (SSSR count). The van der Waals surface area contributed by atoms with Crippen LogP contribution >= 0.6 is 11.6 Å². The van der Waals surface area contributed by atoms with E-state index in [0.29, 0.717) is 38.9 Å². The van der Waals surface area contributed by atoms with E-state index in [1.807, 2.05) is 26.0 Å². The van der Waals surface area contributed by atoms with Crippen LogP contribution in [0.1, 0.15) is 11.1 Å². The number of hydrogen-bond donors (Lipinski definition) is 1. The van der Waals surface area contributed by atoms with Gasteiger partial charge in [0.05, 0.1) is 18.4 Å². The number of benzene rings is 3. The van der Waals surface area contributed by atoms with Crippen molar-refractivity contribution in [3.05, 3.63) is 87.2 Å². The Kier molecular flexibility index (Phi) is 6.38. The molecule has 0 radical (unpaired) electrons. The zero-order chi connectivity index (χ0) is 23.5. The molecule has 0 unspecified atom stereocenters. The maximum Gasteiger partial charge on any atom is 0.344 e. The average Bonchev–Trinajstić information content (AvgIpc) is 2.80. The number of aryl methyl sites for hydroxylation is 2. The van der Waals surface area contributed by atoms with Gasteiger partial charge in [-0.2, -0.15) is 0 Å². The number of anilines is 1. The number of nitrogens with one attached hydrogen (secondary N) is 1. The van der Waals surface area contributed by atoms with Crippen LogP contribution in [-0.2, 0) is 4.79 Å². The molecule has 0 atom stereocenters. The van der Waals surface area contributed by atoms with E-state index in [4.69, 9.17) is 25.5 Å². The molecule has 1 heterocycles. The average molecular weight is 464 g/mol. The van der Waals surface area contributed by atoms with Gasteiger partial charge in [0.1, 0.15) is 17.1 Å². The van der Waals surface area contributed by atoms with E-state index in [1.54, 1.807) is 48.5 Å². The Morgan fingerprint density at radius 1 is 1.03 bits per heavy atom. The van der Waals surface area contributed by atoms with Gasteiger partial charge in [-0.15, -0.1) is 0 Å². The third kappa shape index (κ3) is 4.86. The van der Waals surface area contributed by atoms with Crippen LogP contribution in [0.15, 0.2) is 69.9 Å². The highest BCUT2D eigenvalue weighted by Crippen LogP contribution is 2.31. The Morgan fingerprint density at radius 2 is 1.76 bits per heavy atom. The van der Waals surface area contributed by atoms with E-state index in [-0.39, 0.29) is 12.5 Å². The molecule has 0 aliphatic rings. The Balaban J connectivity index is 1.57. The van der Waals surface area contributed by atoms with Crippen LogP contribution in [0.3, 0.4) is 0 Å². The summed E-state index contributed by atoms with van der Waals surface area (Å²) in [5, 5.41) is 4.27. The molecule has 0 saturated carbocycles. The monoisotopic (exact) mass is 463 g/mol. The number of ether oxygens (including phenoxy) is 2. The quantitative estimate of drug-likeness (QED) is 0.368. The summed E-state index contributed by atoms with van der Waals surface area (Å²) in [4.78, 5) is 25.1. The van der Waals surface area contributed by atoms with Gasteiger partial charge >= 0.3 is 5.63 Å². The van der Waals surface area contributed by atoms with Crippen LogP contribution < -0.4 is 20.4 Å². The molecule has 0 aliphatic carbocycles. The van der Waals surface area contributed by atoms with Gasteiger partial charge in [0.15, 0.2) is 6.61 Å². The Bertz CT molecular complexity index is 1390. The third-order valence-electron chi connectivity index (χ3n) is 5.21. The van der Waals surface area contributed by atoms with Crippen molar-refractivity contribution in [2.24, 2.45) is 0 Å². The Morgan fingerprint density at radius 3 is 2.48 bits per heavy atom. The molecule has 0 fully saturated rings. The molecule has 33 heavy (non-hydrogen) atoms. The molecule has 1 N–H and O–H groups in total. The lowest BCUT2D eigenvalue weighted by Gasteiger charge is -2.13. The summed E-state index contributed by atoms with van der Waals surface area (Å²) in [6.45, 7) is 3.55. The number of hydrogen-bond acceptors (Lipinski definition) is 5. The van der Waals surface area contributed by atoms with Gasteiger partial charge in [-0.25, -0.2) is 4.79 Å². The van der Waals surface area contributed by atoms with Gasteiger partial charge in [-0.3, -0.25) is 4.79 Å². The molecule has 1 amide bonds. The van der Waals surface area contributed by atoms with Crippen molar-refractivity contribution in [3.63, 3.8) is 0 Å². The largest absolute Gasteiger partial charge is 0.495 e. The first-order chi connectivity index (χ1) is 15.9. The lowest BCUT2D eigenvalue weighted by Crippen LogP contribution is -2.20. The highest BCUT2D eigenvalue weighted by Gasteiger charge is 2.14. The summed E-state index contributed by atoms with van der Waals surface area (Å²) < 4.78 is 16.4. The van der Waals surface area contributed by atoms with Crippen molar-refractivity contribution in [1.29, 1.82) is 0 Å². The molecule has 7 heteroatoms. The number of amides is 1. The van der Waals surface area contributed by atoms with Crippen LogP contribution in [0.25, 0.3) is 22.1 Å². The second-order valence-corrected chi connectivity index (χ2v) is 7.99. The first-order valence-electron chi connectivity index (χ1n) is 10.3. The Hall–Kier alpha value is -3.77. The number of fused-ring (bicyclic) bond motifs is 1. The van der Waals surface area contributed by atoms with Gasteiger partial charge in [0, 0.05) is 10.4 Å². The summed E-state index contributed by atoms with van der Waals surface area (Å²) in [7, 11) is 1.50. The van der Waals surface area contributed by atoms with Crippen LogP contribution in [-0.4, -0.2) is 19.6 Å². The number of carbonyl (C=O) groups excluding carboxylic acids is 1. The minimum atomic E-state index is -0.465. The zero-order valence-electron chi connectivity index (χ0n) is 18.4. The van der Waals surface area contributed by atoms with Crippen LogP contribution in [0.2, 0.25) is 5.02 Å². The highest BCUT2D eigenvalue weighted by atomic mass is 35.5. The molecular weight excluding hydrogens is 442 g/mol. The molecule has 1 aromatic heterocycles. The summed E-state index contributed by atoms with van der Waals surface area (Å²) >= 11 is 6.18. The van der Waals surface area contributed by atoms with Crippen molar-refractivity contribution in [2.45, 2.75) is 13.8 Å². The number of para-hydroxylation sites is 1. The lowest BCUT2D eigenvalue weighted by molar-refractivity contribution is -0.118. The van der Waals surface area contributed by atoms with Gasteiger partial charge in [-0.05, 0) is 66.9 Å². The second kappa shape index (κ2) is 9.38. The third-order valence-corrected chi connectivity index (χ3v) is 5.80. The molecule has 3 aromatic carbocycles. The molecule has 0 saturated heterocycles. The molecule has 0 bridgehead atoms. The van der Waals surface area contributed by atoms with Crippen LogP contribution in [0.4, 0.5) is 5.69 Å². The predicted molar refractivity (Wildman–Crippen MR) is 130 cm³/mol. The van der Waals surface area contributed by atoms with E-state index >= 15 is 0 Å². The normalized spacial score (nSPS) is 10.8. The maximum atomic E-state index is 12.6. The molecule has 168 valence electrons. The van der Waals surface area contributed by atoms with Gasteiger partial charge in [0.25, 0.3) is 5.91 Å². The fourth-order valence-electron chi connectivity index (χ4n) is 3.56. The van der Waals surface area contributed by atoms with E-state index in [0.717, 1.165) is 16.5 Å². The summed E-state index contributed by atoms with van der Waals surface area (Å²) in [6.07, 6.45) is 0. The maximum absolute atomic E-state index is 12.6. The zero-order valence-corrected chi connectivity index (χ0v) is 19.2. The van der Waals surface area contributed by atoms with E-state index < -0.39 is 5.63 Å². The minimum absolute atomic E-state index is 0.202. The SMILES string of the molecule is COc1ccc(-c2cc3ccccc3oc2=O)cc1NC(=O)COc1cc(C)c(Cl)c(C)c1. The van der Waals surface area contributed by atoms with Gasteiger partial charge in [-0.1, -0.05) is 35.9 Å². The van der Waals surface area contributed by atoms with Crippen molar-refractivity contribution < 1.29 is 18.7 Å². The number of methoxy groups -OCH3 is 1. The smallest absolute Gasteiger partial charge is 0.344 e. The fraction of sp³-hybridized carbons (Fsp3) is 0.154. The van der Waals surface area contributed by atoms with E-state index in [9.17, 15) is 9.59 Å². The minimum Gasteiger partial charge on any atom is -0.495 e. The van der Waals surface area contributed by atoms with Crippen molar-refractivity contribution in [2.75, 3.05) is 19.0 Å². The summed E-state index contributed by atoms with van der Waals surface area (Å²) in [6, 6.07) is 17.7. The highest BCUT2D eigenvalue weighted by molar-refractivity contribution is 6.32. The summed E-state index contributed by atoms with van der Waals surface area (Å²) in [5.74, 6) is 0.635. The number of halogens is 1. The van der Waals surface area contributed by atoms with Crippen LogP contribution in [0, 0.1) is 13.8 Å². The van der Waals surface area contributed by atoms with Crippen LogP contribution in [0.5, 0.6) is 11.5 Å². The summed E-state index contributed by atoms with van der Waals surface area (Å²) in [5.41, 5.74) is 3.18. The lowest BCUT2D eigenvalue weighted by atomic mass is 10.0. The standard InChI is InChI=1S/C26H22ClNO5/c1-15-10-19(11-16(2)25(15)27)32-14-24(29)28-21-13-17(8-9-23(21)31-3)20-12-18-6-4-5-7-22(18)33-26(20)30/h4-13H,14H2,1-3H3,(H,28,29). The molecule has 0 aliphatic heterocycles. The van der Waals surface area contributed by atoms with Crippen molar-refractivity contribution in [1.82, 2.24) is 0 Å². The van der Waals surface area contributed by atoms with Gasteiger partial charge < -0.3 is 19.2 Å². The van der Waals surface area contributed by atoms with Crippen molar-refractivity contribution >= 4 is 34.2 Å². The second-order valence-electron chi connectivity index (χ2n) is 7.61. The van der Waals surface area contributed by atoms with Crippen molar-refractivity contribution in [3.8, 4) is 22.6 Å². The van der Waals surface area contributed by atoms with E-state index in [2.05, 4.69) is 5.32 Å². The number of rotatable bonds is 6. The van der Waals surface area contributed by atoms with Gasteiger partial charge in [0.2, 0.25) is 0 Å². The topological polar surface area (TPSA) is 77.8 Å². The first kappa shape index (κ1) is 22.4. The Labute approximate surface area is 195 Å². The number of carbonyl (C=O) groups is 1.